The van der Waals surface area contributed by atoms with Crippen LogP contribution in [0, 0.1) is 0 Å². The zero-order valence-electron chi connectivity index (χ0n) is 5.36. The van der Waals surface area contributed by atoms with Gasteiger partial charge in [0.05, 0.1) is 5.60 Å². The second-order valence-electron chi connectivity index (χ2n) is 2.74. The molecule has 0 heterocycles. The molecule has 2 nitrogen and oxygen atoms in total. The molecule has 1 saturated carbocycles. The molecule has 3 heteroatoms. The first-order valence-electron chi connectivity index (χ1n) is 3.33. The van der Waals surface area contributed by atoms with Crippen molar-refractivity contribution in [3.05, 3.63) is 0 Å². The van der Waals surface area contributed by atoms with Gasteiger partial charge in [-0.15, -0.1) is 0 Å². The first-order valence-corrected chi connectivity index (χ1v) is 4.41. The lowest BCUT2D eigenvalue weighted by Crippen LogP contribution is -2.33. The second-order valence-corrected chi connectivity index (χ2v) is 3.50. The second kappa shape index (κ2) is 3.16. The summed E-state index contributed by atoms with van der Waals surface area (Å²) < 4.78 is 2.97. The average Bonchev–Trinajstić information content (AvgIpc) is 2.16. The third-order valence-corrected chi connectivity index (χ3v) is 2.31. The number of hydrogen-bond acceptors (Lipinski definition) is 2. The molecule has 0 aromatic rings. The third-order valence-electron chi connectivity index (χ3n) is 1.93. The van der Waals surface area contributed by atoms with Crippen LogP contribution in [0.5, 0.6) is 0 Å². The van der Waals surface area contributed by atoms with Crippen molar-refractivity contribution >= 4 is 22.9 Å². The predicted octanol–water partition coefficient (Wildman–Crippen LogP) is 1.23. The van der Waals surface area contributed by atoms with Gasteiger partial charge in [0.25, 0.3) is 0 Å². The van der Waals surface area contributed by atoms with Crippen LogP contribution in [0.1, 0.15) is 25.7 Å². The summed E-state index contributed by atoms with van der Waals surface area (Å²) in [6.07, 6.45) is 4.33. The van der Waals surface area contributed by atoms with Crippen LogP contribution in [-0.2, 0) is 0 Å². The van der Waals surface area contributed by atoms with E-state index < -0.39 is 0 Å². The van der Waals surface area contributed by atoms with Crippen LogP contribution in [-0.4, -0.2) is 17.3 Å². The van der Waals surface area contributed by atoms with E-state index in [0.717, 1.165) is 19.4 Å². The summed E-state index contributed by atoms with van der Waals surface area (Å²) in [6.45, 7) is 0.744. The van der Waals surface area contributed by atoms with Gasteiger partial charge in [-0.3, -0.25) is 3.53 Å². The van der Waals surface area contributed by atoms with Crippen molar-refractivity contribution in [3.8, 4) is 0 Å². The number of halogens is 1. The van der Waals surface area contributed by atoms with Crippen LogP contribution in [0.15, 0.2) is 0 Å². The molecule has 0 bridgehead atoms. The maximum Gasteiger partial charge on any atom is 0.0779 e. The molecule has 1 rings (SSSR count). The Labute approximate surface area is 69.5 Å². The highest BCUT2D eigenvalue weighted by atomic mass is 127. The molecular weight excluding hydrogens is 229 g/mol. The summed E-state index contributed by atoms with van der Waals surface area (Å²) in [5.74, 6) is 0. The molecule has 9 heavy (non-hydrogen) atoms. The monoisotopic (exact) mass is 241 g/mol. The van der Waals surface area contributed by atoms with Gasteiger partial charge < -0.3 is 5.11 Å². The molecule has 0 aromatic heterocycles. The Hall–Kier alpha value is 0.650. The summed E-state index contributed by atoms with van der Waals surface area (Å²) in [4.78, 5) is 0. The van der Waals surface area contributed by atoms with Crippen molar-refractivity contribution in [2.24, 2.45) is 0 Å². The molecule has 1 aliphatic carbocycles. The topological polar surface area (TPSA) is 32.3 Å². The lowest BCUT2D eigenvalue weighted by Gasteiger charge is -2.19. The van der Waals surface area contributed by atoms with Crippen molar-refractivity contribution in [1.82, 2.24) is 3.53 Å². The smallest absolute Gasteiger partial charge is 0.0779 e. The van der Waals surface area contributed by atoms with Crippen molar-refractivity contribution in [1.29, 1.82) is 0 Å². The fourth-order valence-corrected chi connectivity index (χ4v) is 2.04. The van der Waals surface area contributed by atoms with E-state index in [2.05, 4.69) is 26.4 Å². The average molecular weight is 241 g/mol. The van der Waals surface area contributed by atoms with Crippen LogP contribution >= 0.6 is 22.9 Å². The number of hydrogen-bond donors (Lipinski definition) is 2. The maximum atomic E-state index is 9.62. The van der Waals surface area contributed by atoms with E-state index in [1.807, 2.05) is 0 Å². The Morgan fingerprint density at radius 2 is 2.00 bits per heavy atom. The molecule has 0 spiro atoms. The van der Waals surface area contributed by atoms with Gasteiger partial charge >= 0.3 is 0 Å². The fourth-order valence-electron chi connectivity index (χ4n) is 1.33. The standard InChI is InChI=1S/C6H12INO/c7-8-5-6(9)3-1-2-4-6/h8-9H,1-5H2. The van der Waals surface area contributed by atoms with E-state index in [1.165, 1.54) is 12.8 Å². The van der Waals surface area contributed by atoms with Crippen LogP contribution in [0.4, 0.5) is 0 Å². The lowest BCUT2D eigenvalue weighted by atomic mass is 10.0. The predicted molar refractivity (Wildman–Crippen MR) is 45.4 cm³/mol. The minimum absolute atomic E-state index is 0.374. The highest BCUT2D eigenvalue weighted by Crippen LogP contribution is 2.28. The number of rotatable bonds is 2. The van der Waals surface area contributed by atoms with Crippen LogP contribution in [0.3, 0.4) is 0 Å². The largest absolute Gasteiger partial charge is 0.389 e. The molecule has 1 fully saturated rings. The van der Waals surface area contributed by atoms with Crippen molar-refractivity contribution < 1.29 is 5.11 Å². The van der Waals surface area contributed by atoms with Crippen molar-refractivity contribution in [2.75, 3.05) is 6.54 Å². The van der Waals surface area contributed by atoms with Gasteiger partial charge in [-0.25, -0.2) is 0 Å². The zero-order valence-corrected chi connectivity index (χ0v) is 7.52. The van der Waals surface area contributed by atoms with Gasteiger partial charge in [0.2, 0.25) is 0 Å². The Morgan fingerprint density at radius 3 is 2.44 bits per heavy atom. The van der Waals surface area contributed by atoms with Crippen LogP contribution in [0.2, 0.25) is 0 Å². The summed E-state index contributed by atoms with van der Waals surface area (Å²) in [5.41, 5.74) is -0.374. The molecule has 54 valence electrons. The maximum absolute atomic E-state index is 9.62. The summed E-state index contributed by atoms with van der Waals surface area (Å²) >= 11 is 2.08. The Bertz CT molecular complexity index is 91.1. The van der Waals surface area contributed by atoms with E-state index >= 15 is 0 Å². The molecule has 0 saturated heterocycles. The molecule has 0 aliphatic heterocycles. The van der Waals surface area contributed by atoms with Crippen molar-refractivity contribution in [2.45, 2.75) is 31.3 Å². The Morgan fingerprint density at radius 1 is 1.44 bits per heavy atom. The van der Waals surface area contributed by atoms with E-state index in [9.17, 15) is 5.11 Å². The molecule has 0 amide bonds. The van der Waals surface area contributed by atoms with E-state index in [-0.39, 0.29) is 5.60 Å². The van der Waals surface area contributed by atoms with Gasteiger partial charge in [-0.2, -0.15) is 0 Å². The first-order chi connectivity index (χ1) is 4.27. The highest BCUT2D eigenvalue weighted by molar-refractivity contribution is 14.1. The number of aliphatic hydroxyl groups is 1. The Balaban J connectivity index is 2.32. The normalized spacial score (nSPS) is 24.7. The fraction of sp³-hybridized carbons (Fsp3) is 1.00. The zero-order chi connectivity index (χ0) is 6.74. The van der Waals surface area contributed by atoms with Gasteiger partial charge in [-0.1, -0.05) is 12.8 Å². The molecule has 0 radical (unpaired) electrons. The quantitative estimate of drug-likeness (QED) is 0.563. The van der Waals surface area contributed by atoms with Crippen molar-refractivity contribution in [3.63, 3.8) is 0 Å². The molecule has 1 aliphatic rings. The number of nitrogens with one attached hydrogen (secondary N) is 1. The SMILES string of the molecule is OC1(CNI)CCCC1. The van der Waals surface area contributed by atoms with Gasteiger partial charge in [-0.05, 0) is 12.8 Å². The molecule has 0 aromatic carbocycles. The molecular formula is C6H12INO. The molecule has 0 unspecified atom stereocenters. The van der Waals surface area contributed by atoms with Gasteiger partial charge in [0.15, 0.2) is 0 Å². The summed E-state index contributed by atoms with van der Waals surface area (Å²) in [7, 11) is 0. The van der Waals surface area contributed by atoms with E-state index in [4.69, 9.17) is 0 Å². The first kappa shape index (κ1) is 7.75. The molecule has 2 N–H and O–H groups in total. The van der Waals surface area contributed by atoms with Crippen LogP contribution in [0.25, 0.3) is 0 Å². The highest BCUT2D eigenvalue weighted by Gasteiger charge is 2.29. The van der Waals surface area contributed by atoms with Gasteiger partial charge in [0.1, 0.15) is 0 Å². The van der Waals surface area contributed by atoms with Crippen LogP contribution < -0.4 is 3.53 Å². The van der Waals surface area contributed by atoms with Gasteiger partial charge in [0, 0.05) is 29.4 Å². The van der Waals surface area contributed by atoms with E-state index in [1.54, 1.807) is 0 Å². The molecule has 0 atom stereocenters. The minimum Gasteiger partial charge on any atom is -0.389 e. The summed E-state index contributed by atoms with van der Waals surface area (Å²) in [5, 5.41) is 9.62. The Kier molecular flexibility index (Phi) is 2.73. The lowest BCUT2D eigenvalue weighted by molar-refractivity contribution is 0.0549. The minimum atomic E-state index is -0.374. The summed E-state index contributed by atoms with van der Waals surface area (Å²) in [6, 6.07) is 0. The van der Waals surface area contributed by atoms with E-state index in [0.29, 0.717) is 0 Å². The third kappa shape index (κ3) is 2.05.